The summed E-state index contributed by atoms with van der Waals surface area (Å²) in [5, 5.41) is 19.3. The first kappa shape index (κ1) is 14.7. The van der Waals surface area contributed by atoms with Crippen molar-refractivity contribution in [2.45, 2.75) is 38.4 Å². The van der Waals surface area contributed by atoms with E-state index in [9.17, 15) is 10.2 Å². The van der Waals surface area contributed by atoms with Gasteiger partial charge in [-0.25, -0.2) is 0 Å². The van der Waals surface area contributed by atoms with Gasteiger partial charge in [-0.1, -0.05) is 37.6 Å². The first-order chi connectivity index (χ1) is 8.65. The van der Waals surface area contributed by atoms with Gasteiger partial charge in [0.2, 0.25) is 0 Å². The van der Waals surface area contributed by atoms with E-state index in [1.807, 2.05) is 37.3 Å². The molecule has 3 heteroatoms. The predicted molar refractivity (Wildman–Crippen MR) is 73.6 cm³/mol. The molecule has 1 aromatic rings. The van der Waals surface area contributed by atoms with Crippen LogP contribution >= 0.6 is 0 Å². The third kappa shape index (κ3) is 5.34. The summed E-state index contributed by atoms with van der Waals surface area (Å²) in [5.41, 5.74) is 1.000. The number of aliphatic hydroxyl groups excluding tert-OH is 2. The third-order valence-corrected chi connectivity index (χ3v) is 2.76. The van der Waals surface area contributed by atoms with Crippen molar-refractivity contribution in [2.24, 2.45) is 0 Å². The smallest absolute Gasteiger partial charge is 0.118 e. The molecular formula is C15H22O3. The molecule has 0 saturated carbocycles. The molecule has 0 spiro atoms. The molecule has 0 fully saturated rings. The van der Waals surface area contributed by atoms with Crippen LogP contribution in [-0.2, 0) is 0 Å². The summed E-state index contributed by atoms with van der Waals surface area (Å²) in [6.45, 7) is 2.02. The molecule has 0 radical (unpaired) electrons. The molecule has 0 bridgehead atoms. The van der Waals surface area contributed by atoms with Crippen LogP contribution < -0.4 is 4.74 Å². The number of ether oxygens (including phenoxy) is 1. The highest BCUT2D eigenvalue weighted by molar-refractivity contribution is 5.51. The van der Waals surface area contributed by atoms with Crippen LogP contribution in [0, 0.1) is 0 Å². The minimum absolute atomic E-state index is 0.389. The van der Waals surface area contributed by atoms with Gasteiger partial charge in [0.15, 0.2) is 0 Å². The number of hydrogen-bond acceptors (Lipinski definition) is 3. The normalized spacial score (nSPS) is 14.7. The van der Waals surface area contributed by atoms with Gasteiger partial charge < -0.3 is 14.9 Å². The van der Waals surface area contributed by atoms with Crippen molar-refractivity contribution < 1.29 is 14.9 Å². The summed E-state index contributed by atoms with van der Waals surface area (Å²) in [6, 6.07) is 7.59. The first-order valence-electron chi connectivity index (χ1n) is 6.34. The molecule has 0 aromatic heterocycles. The Kier molecular flexibility index (Phi) is 6.47. The van der Waals surface area contributed by atoms with E-state index in [0.717, 1.165) is 24.2 Å². The highest BCUT2D eigenvalue weighted by Crippen LogP contribution is 2.13. The zero-order chi connectivity index (χ0) is 13.4. The molecule has 3 nitrogen and oxygen atoms in total. The van der Waals surface area contributed by atoms with E-state index < -0.39 is 12.2 Å². The van der Waals surface area contributed by atoms with Crippen molar-refractivity contribution in [3.05, 3.63) is 35.9 Å². The van der Waals surface area contributed by atoms with Crippen molar-refractivity contribution in [1.29, 1.82) is 0 Å². The standard InChI is InChI=1S/C15H22O3/c1-3-4-13(16)11-14(17)8-5-12-6-9-15(18-2)10-7-12/h5-10,13-14,16-17H,3-4,11H2,1-2H3/b8-5+. The molecule has 0 aliphatic carbocycles. The number of methoxy groups -OCH3 is 1. The fraction of sp³-hybridized carbons (Fsp3) is 0.467. The van der Waals surface area contributed by atoms with Crippen LogP contribution in [0.15, 0.2) is 30.3 Å². The first-order valence-corrected chi connectivity index (χ1v) is 6.34. The monoisotopic (exact) mass is 250 g/mol. The largest absolute Gasteiger partial charge is 0.497 e. The Morgan fingerprint density at radius 2 is 1.89 bits per heavy atom. The van der Waals surface area contributed by atoms with Crippen LogP contribution in [0.5, 0.6) is 5.75 Å². The lowest BCUT2D eigenvalue weighted by molar-refractivity contribution is 0.0976. The second-order valence-corrected chi connectivity index (χ2v) is 4.38. The lowest BCUT2D eigenvalue weighted by Gasteiger charge is -2.11. The van der Waals surface area contributed by atoms with Gasteiger partial charge in [-0.05, 0) is 24.1 Å². The van der Waals surface area contributed by atoms with Crippen molar-refractivity contribution in [2.75, 3.05) is 7.11 Å². The van der Waals surface area contributed by atoms with Gasteiger partial charge in [-0.3, -0.25) is 0 Å². The summed E-state index contributed by atoms with van der Waals surface area (Å²) in [5.74, 6) is 0.811. The third-order valence-electron chi connectivity index (χ3n) is 2.76. The summed E-state index contributed by atoms with van der Waals surface area (Å²) in [7, 11) is 1.63. The quantitative estimate of drug-likeness (QED) is 0.782. The molecule has 18 heavy (non-hydrogen) atoms. The molecule has 0 aliphatic heterocycles. The van der Waals surface area contributed by atoms with E-state index in [1.54, 1.807) is 13.2 Å². The summed E-state index contributed by atoms with van der Waals surface area (Å²) < 4.78 is 5.07. The van der Waals surface area contributed by atoms with Crippen molar-refractivity contribution in [1.82, 2.24) is 0 Å². The molecule has 2 N–H and O–H groups in total. The number of hydrogen-bond donors (Lipinski definition) is 2. The Hall–Kier alpha value is -1.32. The maximum absolute atomic E-state index is 9.74. The molecule has 1 aromatic carbocycles. The van der Waals surface area contributed by atoms with Gasteiger partial charge in [0.05, 0.1) is 19.3 Å². The van der Waals surface area contributed by atoms with Crippen molar-refractivity contribution in [3.63, 3.8) is 0 Å². The number of rotatable bonds is 7. The zero-order valence-electron chi connectivity index (χ0n) is 11.0. The van der Waals surface area contributed by atoms with Gasteiger partial charge in [0, 0.05) is 6.42 Å². The van der Waals surface area contributed by atoms with Crippen LogP contribution in [0.2, 0.25) is 0 Å². The highest BCUT2D eigenvalue weighted by Gasteiger charge is 2.07. The number of aliphatic hydroxyl groups is 2. The second-order valence-electron chi connectivity index (χ2n) is 4.38. The maximum atomic E-state index is 9.74. The lowest BCUT2D eigenvalue weighted by atomic mass is 10.1. The molecule has 0 amide bonds. The fourth-order valence-corrected chi connectivity index (χ4v) is 1.75. The van der Waals surface area contributed by atoms with Crippen LogP contribution in [0.25, 0.3) is 6.08 Å². The van der Waals surface area contributed by atoms with E-state index in [-0.39, 0.29) is 0 Å². The van der Waals surface area contributed by atoms with E-state index >= 15 is 0 Å². The Morgan fingerprint density at radius 1 is 1.22 bits per heavy atom. The molecule has 100 valence electrons. The lowest BCUT2D eigenvalue weighted by Crippen LogP contribution is -2.15. The minimum Gasteiger partial charge on any atom is -0.497 e. The fourth-order valence-electron chi connectivity index (χ4n) is 1.75. The summed E-state index contributed by atoms with van der Waals surface area (Å²) in [4.78, 5) is 0. The Balaban J connectivity index is 2.46. The van der Waals surface area contributed by atoms with Crippen LogP contribution in [0.3, 0.4) is 0 Å². The molecule has 0 heterocycles. The van der Waals surface area contributed by atoms with E-state index in [0.29, 0.717) is 6.42 Å². The number of benzene rings is 1. The van der Waals surface area contributed by atoms with Gasteiger partial charge in [0.1, 0.15) is 5.75 Å². The van der Waals surface area contributed by atoms with Crippen molar-refractivity contribution >= 4 is 6.08 Å². The zero-order valence-corrected chi connectivity index (χ0v) is 11.0. The van der Waals surface area contributed by atoms with Gasteiger partial charge in [0.25, 0.3) is 0 Å². The van der Waals surface area contributed by atoms with Crippen LogP contribution in [0.1, 0.15) is 31.7 Å². The van der Waals surface area contributed by atoms with Gasteiger partial charge in [-0.15, -0.1) is 0 Å². The Labute approximate surface area is 109 Å². The Morgan fingerprint density at radius 3 is 2.44 bits per heavy atom. The molecule has 0 aliphatic rings. The Bertz CT molecular complexity index is 357. The molecule has 2 unspecified atom stereocenters. The van der Waals surface area contributed by atoms with Crippen molar-refractivity contribution in [3.8, 4) is 5.75 Å². The van der Waals surface area contributed by atoms with Gasteiger partial charge >= 0.3 is 0 Å². The predicted octanol–water partition coefficient (Wildman–Crippen LogP) is 2.62. The molecular weight excluding hydrogens is 228 g/mol. The summed E-state index contributed by atoms with van der Waals surface area (Å²) >= 11 is 0. The van der Waals surface area contributed by atoms with Gasteiger partial charge in [-0.2, -0.15) is 0 Å². The van der Waals surface area contributed by atoms with Crippen LogP contribution in [-0.4, -0.2) is 29.5 Å². The van der Waals surface area contributed by atoms with E-state index in [4.69, 9.17) is 4.74 Å². The molecule has 0 saturated heterocycles. The second kappa shape index (κ2) is 7.90. The summed E-state index contributed by atoms with van der Waals surface area (Å²) in [6.07, 6.45) is 4.58. The van der Waals surface area contributed by atoms with Crippen LogP contribution in [0.4, 0.5) is 0 Å². The van der Waals surface area contributed by atoms with E-state index in [2.05, 4.69) is 0 Å². The average molecular weight is 250 g/mol. The van der Waals surface area contributed by atoms with E-state index in [1.165, 1.54) is 0 Å². The highest BCUT2D eigenvalue weighted by atomic mass is 16.5. The topological polar surface area (TPSA) is 49.7 Å². The molecule has 2 atom stereocenters. The molecule has 1 rings (SSSR count). The maximum Gasteiger partial charge on any atom is 0.118 e. The SMILES string of the molecule is CCCC(O)CC(O)/C=C/c1ccc(OC)cc1. The minimum atomic E-state index is -0.603. The average Bonchev–Trinajstić information content (AvgIpc) is 2.37.